The summed E-state index contributed by atoms with van der Waals surface area (Å²) in [7, 11) is 0. The minimum Gasteiger partial charge on any atom is -0.395 e. The first-order valence-electron chi connectivity index (χ1n) is 5.81. The quantitative estimate of drug-likeness (QED) is 0.802. The normalized spacial score (nSPS) is 18.2. The van der Waals surface area contributed by atoms with E-state index >= 15 is 0 Å². The summed E-state index contributed by atoms with van der Waals surface area (Å²) in [6.45, 7) is 6.88. The molecule has 1 aromatic rings. The van der Waals surface area contributed by atoms with Crippen LogP contribution in [-0.2, 0) is 5.41 Å². The first kappa shape index (κ1) is 10.7. The summed E-state index contributed by atoms with van der Waals surface area (Å²) in [6, 6.07) is 6.70. The third kappa shape index (κ3) is 1.81. The molecular weight excluding hydrogens is 184 g/mol. The Hall–Kier alpha value is -0.820. The summed E-state index contributed by atoms with van der Waals surface area (Å²) in [6.07, 6.45) is 2.29. The number of aryl methyl sites for hydroxylation is 1. The highest BCUT2D eigenvalue weighted by Gasteiger charge is 2.44. The fourth-order valence-electron chi connectivity index (χ4n) is 2.23. The molecule has 1 saturated carbocycles. The van der Waals surface area contributed by atoms with Gasteiger partial charge in [0.25, 0.3) is 0 Å². The molecule has 0 amide bonds. The van der Waals surface area contributed by atoms with Crippen molar-refractivity contribution in [3.8, 4) is 0 Å². The molecule has 1 fully saturated rings. The highest BCUT2D eigenvalue weighted by atomic mass is 16.3. The Kier molecular flexibility index (Phi) is 2.59. The van der Waals surface area contributed by atoms with Crippen LogP contribution in [0.1, 0.15) is 49.3 Å². The Labute approximate surface area is 92.1 Å². The van der Waals surface area contributed by atoms with E-state index in [0.717, 1.165) is 12.8 Å². The van der Waals surface area contributed by atoms with Gasteiger partial charge in [-0.2, -0.15) is 0 Å². The number of aliphatic hydroxyl groups is 1. The summed E-state index contributed by atoms with van der Waals surface area (Å²) in [5, 5.41) is 9.46. The lowest BCUT2D eigenvalue weighted by molar-refractivity contribution is 0.254. The van der Waals surface area contributed by atoms with E-state index in [1.165, 1.54) is 16.7 Å². The van der Waals surface area contributed by atoms with Gasteiger partial charge in [-0.05, 0) is 42.4 Å². The van der Waals surface area contributed by atoms with E-state index in [2.05, 4.69) is 39.0 Å². The Morgan fingerprint density at radius 1 is 1.33 bits per heavy atom. The first-order chi connectivity index (χ1) is 7.09. The van der Waals surface area contributed by atoms with Crippen LogP contribution in [0.3, 0.4) is 0 Å². The van der Waals surface area contributed by atoms with Gasteiger partial charge in [-0.1, -0.05) is 32.0 Å². The lowest BCUT2D eigenvalue weighted by Gasteiger charge is -2.18. The van der Waals surface area contributed by atoms with E-state index in [4.69, 9.17) is 0 Å². The van der Waals surface area contributed by atoms with Crippen molar-refractivity contribution in [2.45, 2.75) is 44.9 Å². The lowest BCUT2D eigenvalue weighted by Crippen LogP contribution is -2.14. The number of hydrogen-bond donors (Lipinski definition) is 1. The van der Waals surface area contributed by atoms with Crippen LogP contribution in [0.15, 0.2) is 18.2 Å². The van der Waals surface area contributed by atoms with Crippen molar-refractivity contribution in [1.82, 2.24) is 0 Å². The molecule has 1 N–H and O–H groups in total. The monoisotopic (exact) mass is 204 g/mol. The second kappa shape index (κ2) is 3.64. The van der Waals surface area contributed by atoms with Crippen LogP contribution in [0.5, 0.6) is 0 Å². The van der Waals surface area contributed by atoms with E-state index in [-0.39, 0.29) is 5.41 Å². The average molecular weight is 204 g/mol. The molecule has 1 aliphatic rings. The van der Waals surface area contributed by atoms with Crippen molar-refractivity contribution in [3.63, 3.8) is 0 Å². The molecule has 15 heavy (non-hydrogen) atoms. The topological polar surface area (TPSA) is 20.2 Å². The standard InChI is InChI=1S/C14H20O/c1-10(2)12-5-4-11(3)13(8-12)14(9-15)6-7-14/h4-5,8,10,15H,6-7,9H2,1-3H3. The molecule has 0 saturated heterocycles. The van der Waals surface area contributed by atoms with Crippen LogP contribution < -0.4 is 0 Å². The molecule has 2 rings (SSSR count). The van der Waals surface area contributed by atoms with Gasteiger partial charge in [0.2, 0.25) is 0 Å². The smallest absolute Gasteiger partial charge is 0.0528 e. The summed E-state index contributed by atoms with van der Waals surface area (Å²) in [4.78, 5) is 0. The minimum absolute atomic E-state index is 0.106. The number of benzene rings is 1. The average Bonchev–Trinajstić information content (AvgIpc) is 2.99. The molecule has 0 aromatic heterocycles. The summed E-state index contributed by atoms with van der Waals surface area (Å²) in [5.74, 6) is 0.568. The van der Waals surface area contributed by atoms with E-state index in [1.807, 2.05) is 0 Å². The molecule has 1 nitrogen and oxygen atoms in total. The maximum atomic E-state index is 9.46. The van der Waals surface area contributed by atoms with E-state index in [1.54, 1.807) is 0 Å². The van der Waals surface area contributed by atoms with Crippen molar-refractivity contribution < 1.29 is 5.11 Å². The Bertz CT molecular complexity index is 362. The molecule has 0 unspecified atom stereocenters. The highest BCUT2D eigenvalue weighted by Crippen LogP contribution is 2.49. The number of rotatable bonds is 3. The van der Waals surface area contributed by atoms with E-state index in [0.29, 0.717) is 12.5 Å². The second-order valence-corrected chi connectivity index (χ2v) is 5.17. The fourth-order valence-corrected chi connectivity index (χ4v) is 2.23. The molecule has 0 atom stereocenters. The van der Waals surface area contributed by atoms with Gasteiger partial charge >= 0.3 is 0 Å². The molecule has 1 aliphatic carbocycles. The SMILES string of the molecule is Cc1ccc(C(C)C)cc1C1(CO)CC1. The van der Waals surface area contributed by atoms with Crippen LogP contribution in [0, 0.1) is 6.92 Å². The predicted molar refractivity (Wildman–Crippen MR) is 63.3 cm³/mol. The molecular formula is C14H20O. The largest absolute Gasteiger partial charge is 0.395 e. The van der Waals surface area contributed by atoms with Gasteiger partial charge in [-0.25, -0.2) is 0 Å². The van der Waals surface area contributed by atoms with Gasteiger partial charge in [0, 0.05) is 5.41 Å². The first-order valence-corrected chi connectivity index (χ1v) is 5.81. The minimum atomic E-state index is 0.106. The van der Waals surface area contributed by atoms with Crippen molar-refractivity contribution >= 4 is 0 Å². The van der Waals surface area contributed by atoms with Crippen molar-refractivity contribution in [3.05, 3.63) is 34.9 Å². The molecule has 0 heterocycles. The zero-order valence-corrected chi connectivity index (χ0v) is 9.88. The predicted octanol–water partition coefficient (Wildman–Crippen LogP) is 3.14. The van der Waals surface area contributed by atoms with Gasteiger partial charge in [-0.15, -0.1) is 0 Å². The van der Waals surface area contributed by atoms with Gasteiger partial charge < -0.3 is 5.11 Å². The van der Waals surface area contributed by atoms with Gasteiger partial charge in [0.15, 0.2) is 0 Å². The van der Waals surface area contributed by atoms with Crippen LogP contribution >= 0.6 is 0 Å². The molecule has 1 aromatic carbocycles. The number of hydrogen-bond acceptors (Lipinski definition) is 1. The zero-order valence-electron chi connectivity index (χ0n) is 9.88. The second-order valence-electron chi connectivity index (χ2n) is 5.17. The summed E-state index contributed by atoms with van der Waals surface area (Å²) >= 11 is 0. The van der Waals surface area contributed by atoms with Crippen LogP contribution in [0.25, 0.3) is 0 Å². The highest BCUT2D eigenvalue weighted by molar-refractivity contribution is 5.41. The van der Waals surface area contributed by atoms with Crippen molar-refractivity contribution in [2.24, 2.45) is 0 Å². The molecule has 0 aliphatic heterocycles. The third-order valence-electron chi connectivity index (χ3n) is 3.66. The molecule has 0 radical (unpaired) electrons. The Morgan fingerprint density at radius 2 is 2.00 bits per heavy atom. The molecule has 0 spiro atoms. The van der Waals surface area contributed by atoms with Crippen LogP contribution in [0.4, 0.5) is 0 Å². The molecule has 0 bridgehead atoms. The Morgan fingerprint density at radius 3 is 2.47 bits per heavy atom. The Balaban J connectivity index is 2.42. The maximum Gasteiger partial charge on any atom is 0.0528 e. The third-order valence-corrected chi connectivity index (χ3v) is 3.66. The van der Waals surface area contributed by atoms with E-state index < -0.39 is 0 Å². The van der Waals surface area contributed by atoms with Gasteiger partial charge in [0.05, 0.1) is 6.61 Å². The maximum absolute atomic E-state index is 9.46. The van der Waals surface area contributed by atoms with Crippen LogP contribution in [0.2, 0.25) is 0 Å². The van der Waals surface area contributed by atoms with E-state index in [9.17, 15) is 5.11 Å². The molecule has 1 heteroatoms. The van der Waals surface area contributed by atoms with Crippen molar-refractivity contribution in [1.29, 1.82) is 0 Å². The van der Waals surface area contributed by atoms with Gasteiger partial charge in [-0.3, -0.25) is 0 Å². The van der Waals surface area contributed by atoms with Crippen LogP contribution in [-0.4, -0.2) is 11.7 Å². The van der Waals surface area contributed by atoms with Gasteiger partial charge in [0.1, 0.15) is 0 Å². The fraction of sp³-hybridized carbons (Fsp3) is 0.571. The number of aliphatic hydroxyl groups excluding tert-OH is 1. The summed E-state index contributed by atoms with van der Waals surface area (Å²) in [5.41, 5.74) is 4.19. The lowest BCUT2D eigenvalue weighted by atomic mass is 9.89. The summed E-state index contributed by atoms with van der Waals surface area (Å²) < 4.78 is 0. The molecule has 82 valence electrons. The zero-order chi connectivity index (χ0) is 11.1. The van der Waals surface area contributed by atoms with Crippen molar-refractivity contribution in [2.75, 3.05) is 6.61 Å².